The molecule has 0 spiro atoms. The third-order valence-corrected chi connectivity index (χ3v) is 2.44. The monoisotopic (exact) mass is 192 g/mol. The summed E-state index contributed by atoms with van der Waals surface area (Å²) in [6.45, 7) is 3.89. The first-order valence-electron chi connectivity index (χ1n) is 5.00. The van der Waals surface area contributed by atoms with Crippen LogP contribution in [0.15, 0.2) is 24.3 Å². The molecule has 1 aromatic rings. The summed E-state index contributed by atoms with van der Waals surface area (Å²) in [4.78, 5) is 11.6. The maximum atomic E-state index is 11.6. The fourth-order valence-electron chi connectivity index (χ4n) is 1.60. The first-order chi connectivity index (χ1) is 6.69. The van der Waals surface area contributed by atoms with Crippen LogP contribution in [0.2, 0.25) is 0 Å². The molecule has 1 unspecified atom stereocenters. The Balaban J connectivity index is 2.89. The standard InChI is InChI=1S/C12H16O2/c1-3-11(12(14)4-2)9-5-7-10(13)8-6-9/h5-8,11,13H,3-4H2,1-2H3. The van der Waals surface area contributed by atoms with Crippen molar-refractivity contribution in [3.05, 3.63) is 29.8 Å². The van der Waals surface area contributed by atoms with Gasteiger partial charge in [0, 0.05) is 12.3 Å². The molecule has 0 amide bonds. The molecule has 0 radical (unpaired) electrons. The van der Waals surface area contributed by atoms with Gasteiger partial charge in [-0.25, -0.2) is 0 Å². The molecule has 1 rings (SSSR count). The molecule has 0 fully saturated rings. The summed E-state index contributed by atoms with van der Waals surface area (Å²) >= 11 is 0. The summed E-state index contributed by atoms with van der Waals surface area (Å²) in [6, 6.07) is 6.88. The molecule has 14 heavy (non-hydrogen) atoms. The minimum absolute atomic E-state index is 0.0133. The smallest absolute Gasteiger partial charge is 0.140 e. The summed E-state index contributed by atoms with van der Waals surface area (Å²) in [6.07, 6.45) is 1.39. The number of carbonyl (C=O) groups is 1. The minimum atomic E-state index is -0.0133. The molecule has 1 aromatic carbocycles. The van der Waals surface area contributed by atoms with Crippen molar-refractivity contribution in [3.63, 3.8) is 0 Å². The highest BCUT2D eigenvalue weighted by Crippen LogP contribution is 2.23. The predicted molar refractivity (Wildman–Crippen MR) is 56.4 cm³/mol. The van der Waals surface area contributed by atoms with E-state index in [2.05, 4.69) is 0 Å². The van der Waals surface area contributed by atoms with Crippen molar-refractivity contribution in [2.45, 2.75) is 32.6 Å². The Morgan fingerprint density at radius 2 is 1.86 bits per heavy atom. The summed E-state index contributed by atoms with van der Waals surface area (Å²) in [5.41, 5.74) is 0.997. The Bertz CT molecular complexity index is 301. The number of hydrogen-bond donors (Lipinski definition) is 1. The number of aromatic hydroxyl groups is 1. The normalized spacial score (nSPS) is 12.4. The topological polar surface area (TPSA) is 37.3 Å². The van der Waals surface area contributed by atoms with E-state index in [1.54, 1.807) is 12.1 Å². The first kappa shape index (κ1) is 10.8. The fourth-order valence-corrected chi connectivity index (χ4v) is 1.60. The molecule has 0 heterocycles. The fraction of sp³-hybridized carbons (Fsp3) is 0.417. The maximum absolute atomic E-state index is 11.6. The largest absolute Gasteiger partial charge is 0.508 e. The summed E-state index contributed by atoms with van der Waals surface area (Å²) in [7, 11) is 0. The van der Waals surface area contributed by atoms with Crippen LogP contribution < -0.4 is 0 Å². The van der Waals surface area contributed by atoms with Gasteiger partial charge in [0.25, 0.3) is 0 Å². The van der Waals surface area contributed by atoms with Crippen LogP contribution in [0.4, 0.5) is 0 Å². The zero-order valence-corrected chi connectivity index (χ0v) is 8.66. The summed E-state index contributed by atoms with van der Waals surface area (Å²) < 4.78 is 0. The van der Waals surface area contributed by atoms with Gasteiger partial charge < -0.3 is 5.11 Å². The Morgan fingerprint density at radius 3 is 2.29 bits per heavy atom. The van der Waals surface area contributed by atoms with Gasteiger partial charge in [-0.15, -0.1) is 0 Å². The Labute approximate surface area is 84.6 Å². The Kier molecular flexibility index (Phi) is 3.69. The number of Topliss-reactive ketones (excluding diaryl/α,β-unsaturated/α-hetero) is 1. The quantitative estimate of drug-likeness (QED) is 0.796. The van der Waals surface area contributed by atoms with Crippen molar-refractivity contribution in [2.24, 2.45) is 0 Å². The SMILES string of the molecule is CCC(=O)C(CC)c1ccc(O)cc1. The number of ketones is 1. The number of rotatable bonds is 4. The molecule has 0 saturated carbocycles. The highest BCUT2D eigenvalue weighted by Gasteiger charge is 2.16. The second-order valence-corrected chi connectivity index (χ2v) is 3.37. The van der Waals surface area contributed by atoms with Crippen molar-refractivity contribution in [1.82, 2.24) is 0 Å². The number of phenolic OH excluding ortho intramolecular Hbond substituents is 1. The lowest BCUT2D eigenvalue weighted by atomic mass is 9.91. The zero-order valence-electron chi connectivity index (χ0n) is 8.66. The van der Waals surface area contributed by atoms with Gasteiger partial charge >= 0.3 is 0 Å². The van der Waals surface area contributed by atoms with Crippen LogP contribution in [0.25, 0.3) is 0 Å². The Hall–Kier alpha value is -1.31. The lowest BCUT2D eigenvalue weighted by Gasteiger charge is -2.12. The van der Waals surface area contributed by atoms with Gasteiger partial charge in [-0.1, -0.05) is 26.0 Å². The molecule has 0 aromatic heterocycles. The third-order valence-electron chi connectivity index (χ3n) is 2.44. The van der Waals surface area contributed by atoms with E-state index in [0.717, 1.165) is 12.0 Å². The van der Waals surface area contributed by atoms with Gasteiger partial charge in [0.1, 0.15) is 11.5 Å². The second kappa shape index (κ2) is 4.80. The molecule has 2 nitrogen and oxygen atoms in total. The van der Waals surface area contributed by atoms with Crippen molar-refractivity contribution in [1.29, 1.82) is 0 Å². The average Bonchev–Trinajstić information content (AvgIpc) is 2.21. The van der Waals surface area contributed by atoms with Crippen LogP contribution in [0.3, 0.4) is 0 Å². The van der Waals surface area contributed by atoms with E-state index in [-0.39, 0.29) is 17.5 Å². The van der Waals surface area contributed by atoms with Crippen LogP contribution in [-0.4, -0.2) is 10.9 Å². The Morgan fingerprint density at radius 1 is 1.29 bits per heavy atom. The molecular formula is C12H16O2. The van der Waals surface area contributed by atoms with Crippen molar-refractivity contribution < 1.29 is 9.90 Å². The molecule has 0 saturated heterocycles. The van der Waals surface area contributed by atoms with Crippen LogP contribution in [-0.2, 0) is 4.79 Å². The van der Waals surface area contributed by atoms with E-state index in [1.807, 2.05) is 26.0 Å². The van der Waals surface area contributed by atoms with Gasteiger partial charge in [0.2, 0.25) is 0 Å². The van der Waals surface area contributed by atoms with Gasteiger partial charge in [0.15, 0.2) is 0 Å². The molecule has 2 heteroatoms. The van der Waals surface area contributed by atoms with Crippen LogP contribution >= 0.6 is 0 Å². The van der Waals surface area contributed by atoms with Crippen LogP contribution in [0.1, 0.15) is 38.2 Å². The molecule has 76 valence electrons. The van der Waals surface area contributed by atoms with Crippen LogP contribution in [0, 0.1) is 0 Å². The summed E-state index contributed by atoms with van der Waals surface area (Å²) in [5, 5.41) is 9.12. The summed E-state index contributed by atoms with van der Waals surface area (Å²) in [5.74, 6) is 0.492. The first-order valence-corrected chi connectivity index (χ1v) is 5.00. The number of benzene rings is 1. The molecule has 1 N–H and O–H groups in total. The van der Waals surface area contributed by atoms with Crippen molar-refractivity contribution in [3.8, 4) is 5.75 Å². The minimum Gasteiger partial charge on any atom is -0.508 e. The number of hydrogen-bond acceptors (Lipinski definition) is 2. The molecule has 0 aliphatic rings. The second-order valence-electron chi connectivity index (χ2n) is 3.37. The molecule has 0 aliphatic carbocycles. The van der Waals surface area contributed by atoms with Crippen molar-refractivity contribution >= 4 is 5.78 Å². The molecule has 0 bridgehead atoms. The van der Waals surface area contributed by atoms with E-state index in [4.69, 9.17) is 5.11 Å². The predicted octanol–water partition coefficient (Wildman–Crippen LogP) is 2.86. The highest BCUT2D eigenvalue weighted by molar-refractivity contribution is 5.85. The van der Waals surface area contributed by atoms with Gasteiger partial charge in [-0.2, -0.15) is 0 Å². The molecule has 1 atom stereocenters. The molecular weight excluding hydrogens is 176 g/mol. The average molecular weight is 192 g/mol. The van der Waals surface area contributed by atoms with Crippen molar-refractivity contribution in [2.75, 3.05) is 0 Å². The maximum Gasteiger partial charge on any atom is 0.140 e. The third kappa shape index (κ3) is 2.34. The van der Waals surface area contributed by atoms with E-state index in [0.29, 0.717) is 6.42 Å². The van der Waals surface area contributed by atoms with Gasteiger partial charge in [-0.3, -0.25) is 4.79 Å². The lowest BCUT2D eigenvalue weighted by Crippen LogP contribution is -2.10. The lowest BCUT2D eigenvalue weighted by molar-refractivity contribution is -0.120. The molecule has 0 aliphatic heterocycles. The number of carbonyl (C=O) groups excluding carboxylic acids is 1. The van der Waals surface area contributed by atoms with E-state index >= 15 is 0 Å². The van der Waals surface area contributed by atoms with Gasteiger partial charge in [0.05, 0.1) is 0 Å². The van der Waals surface area contributed by atoms with Crippen LogP contribution in [0.5, 0.6) is 5.75 Å². The highest BCUT2D eigenvalue weighted by atomic mass is 16.3. The van der Waals surface area contributed by atoms with E-state index in [1.165, 1.54) is 0 Å². The zero-order chi connectivity index (χ0) is 10.6. The van der Waals surface area contributed by atoms with Gasteiger partial charge in [-0.05, 0) is 24.1 Å². The van der Waals surface area contributed by atoms with E-state index in [9.17, 15) is 4.79 Å². The van der Waals surface area contributed by atoms with E-state index < -0.39 is 0 Å². The number of phenols is 1.